The number of aliphatic carboxylic acids is 1. The van der Waals surface area contributed by atoms with E-state index in [2.05, 4.69) is 15.9 Å². The van der Waals surface area contributed by atoms with Crippen molar-refractivity contribution in [1.82, 2.24) is 0 Å². The Hall–Kier alpha value is -0.900. The largest absolute Gasteiger partial charge is 0.480 e. The first kappa shape index (κ1) is 9.19. The maximum Gasteiger partial charge on any atom is 0.321 e. The molecule has 0 saturated carbocycles. The van der Waals surface area contributed by atoms with Gasteiger partial charge in [-0.2, -0.15) is 0 Å². The van der Waals surface area contributed by atoms with Crippen molar-refractivity contribution in [3.8, 4) is 0 Å². The average molecular weight is 233 g/mol. The number of carboxylic acid groups (broad SMARTS) is 1. The highest BCUT2D eigenvalue weighted by Gasteiger charge is 2.15. The fraction of sp³-hybridized carbons (Fsp3) is 0.125. The molecule has 12 heavy (non-hydrogen) atoms. The fourth-order valence-corrected chi connectivity index (χ4v) is 1.09. The van der Waals surface area contributed by atoms with Crippen molar-refractivity contribution in [3.05, 3.63) is 35.6 Å². The van der Waals surface area contributed by atoms with Gasteiger partial charge in [-0.05, 0) is 17.7 Å². The van der Waals surface area contributed by atoms with Gasteiger partial charge in [0.15, 0.2) is 0 Å². The van der Waals surface area contributed by atoms with E-state index in [9.17, 15) is 9.18 Å². The van der Waals surface area contributed by atoms with Crippen LogP contribution < -0.4 is 0 Å². The van der Waals surface area contributed by atoms with E-state index >= 15 is 0 Å². The first-order valence-electron chi connectivity index (χ1n) is 3.23. The molecule has 0 aromatic heterocycles. The molecule has 0 amide bonds. The summed E-state index contributed by atoms with van der Waals surface area (Å²) >= 11 is 2.92. The molecule has 1 rings (SSSR count). The third-order valence-corrected chi connectivity index (χ3v) is 2.28. The normalized spacial score (nSPS) is 12.5. The summed E-state index contributed by atoms with van der Waals surface area (Å²) in [6, 6.07) is 5.48. The molecule has 0 bridgehead atoms. The molecule has 2 nitrogen and oxygen atoms in total. The lowest BCUT2D eigenvalue weighted by molar-refractivity contribution is -0.136. The van der Waals surface area contributed by atoms with Crippen molar-refractivity contribution in [1.29, 1.82) is 0 Å². The maximum atomic E-state index is 12.6. The van der Waals surface area contributed by atoms with Crippen LogP contribution in [0.4, 0.5) is 4.39 Å². The van der Waals surface area contributed by atoms with Gasteiger partial charge in [-0.15, -0.1) is 0 Å². The molecule has 64 valence electrons. The second-order valence-corrected chi connectivity index (χ2v) is 3.17. The van der Waals surface area contributed by atoms with E-state index in [-0.39, 0.29) is 0 Å². The van der Waals surface area contributed by atoms with Crippen LogP contribution in [0.15, 0.2) is 24.3 Å². The van der Waals surface area contributed by atoms with Crippen molar-refractivity contribution in [2.24, 2.45) is 0 Å². The van der Waals surface area contributed by atoms with Crippen LogP contribution in [0.1, 0.15) is 10.4 Å². The number of hydrogen-bond donors (Lipinski definition) is 1. The summed E-state index contributed by atoms with van der Waals surface area (Å²) in [4.78, 5) is 9.60. The molecule has 0 aliphatic heterocycles. The Labute approximate surface area is 77.2 Å². The zero-order chi connectivity index (χ0) is 9.14. The van der Waals surface area contributed by atoms with Gasteiger partial charge in [0.25, 0.3) is 0 Å². The fourth-order valence-electron chi connectivity index (χ4n) is 0.807. The summed E-state index contributed by atoms with van der Waals surface area (Å²) in [5.74, 6) is -1.46. The molecule has 1 atom stereocenters. The van der Waals surface area contributed by atoms with Crippen LogP contribution in [0.3, 0.4) is 0 Å². The van der Waals surface area contributed by atoms with Crippen LogP contribution in [0, 0.1) is 5.82 Å². The highest BCUT2D eigenvalue weighted by atomic mass is 79.9. The highest BCUT2D eigenvalue weighted by molar-refractivity contribution is 9.09. The Morgan fingerprint density at radius 3 is 2.75 bits per heavy atom. The Balaban J connectivity index is 2.95. The summed E-state index contributed by atoms with van der Waals surface area (Å²) in [5, 5.41) is 8.56. The summed E-state index contributed by atoms with van der Waals surface area (Å²) < 4.78 is 12.6. The van der Waals surface area contributed by atoms with Gasteiger partial charge in [0, 0.05) is 0 Å². The van der Waals surface area contributed by atoms with Crippen LogP contribution >= 0.6 is 15.9 Å². The number of hydrogen-bond acceptors (Lipinski definition) is 1. The van der Waals surface area contributed by atoms with E-state index in [1.54, 1.807) is 6.07 Å². The molecule has 4 heteroatoms. The molecule has 1 aromatic carbocycles. The molecule has 1 unspecified atom stereocenters. The molecule has 1 aromatic rings. The van der Waals surface area contributed by atoms with Gasteiger partial charge in [0.2, 0.25) is 0 Å². The van der Waals surface area contributed by atoms with Crippen LogP contribution in [-0.2, 0) is 4.79 Å². The van der Waals surface area contributed by atoms with E-state index in [1.165, 1.54) is 18.2 Å². The van der Waals surface area contributed by atoms with Gasteiger partial charge >= 0.3 is 5.97 Å². The Kier molecular flexibility index (Phi) is 2.81. The molecular weight excluding hydrogens is 227 g/mol. The lowest BCUT2D eigenvalue weighted by Gasteiger charge is -2.03. The van der Waals surface area contributed by atoms with Crippen LogP contribution in [-0.4, -0.2) is 11.1 Å². The number of benzene rings is 1. The summed E-state index contributed by atoms with van der Waals surface area (Å²) in [7, 11) is 0. The molecule has 0 aliphatic rings. The predicted octanol–water partition coefficient (Wildman–Crippen LogP) is 2.35. The minimum atomic E-state index is -1.03. The van der Waals surface area contributed by atoms with Crippen molar-refractivity contribution in [3.63, 3.8) is 0 Å². The van der Waals surface area contributed by atoms with E-state index in [1.807, 2.05) is 0 Å². The second-order valence-electron chi connectivity index (χ2n) is 2.26. The van der Waals surface area contributed by atoms with Gasteiger partial charge in [0.05, 0.1) is 0 Å². The standard InChI is InChI=1S/C8H6BrFO2/c9-7(8(11)12)5-2-1-3-6(10)4-5/h1-4,7H,(H,11,12). The van der Waals surface area contributed by atoms with Crippen molar-refractivity contribution < 1.29 is 14.3 Å². The molecular formula is C8H6BrFO2. The SMILES string of the molecule is O=C(O)C(Br)c1cccc(F)c1. The summed E-state index contributed by atoms with van der Waals surface area (Å²) in [5.41, 5.74) is 0.405. The third kappa shape index (κ3) is 2.04. The first-order chi connectivity index (χ1) is 5.61. The first-order valence-corrected chi connectivity index (χ1v) is 4.15. The minimum Gasteiger partial charge on any atom is -0.480 e. The number of carbonyl (C=O) groups is 1. The van der Waals surface area contributed by atoms with Gasteiger partial charge in [-0.25, -0.2) is 4.39 Å². The van der Waals surface area contributed by atoms with Crippen LogP contribution in [0.2, 0.25) is 0 Å². The molecule has 0 radical (unpaired) electrons. The van der Waals surface area contributed by atoms with Crippen molar-refractivity contribution >= 4 is 21.9 Å². The van der Waals surface area contributed by atoms with Gasteiger partial charge < -0.3 is 5.11 Å². The minimum absolute atomic E-state index is 0.405. The molecule has 0 aliphatic carbocycles. The zero-order valence-electron chi connectivity index (χ0n) is 6.00. The zero-order valence-corrected chi connectivity index (χ0v) is 7.58. The number of halogens is 2. The molecule has 0 spiro atoms. The van der Waals surface area contributed by atoms with E-state index < -0.39 is 16.6 Å². The molecule has 0 saturated heterocycles. The Bertz CT molecular complexity index is 301. The van der Waals surface area contributed by atoms with E-state index in [0.29, 0.717) is 5.56 Å². The van der Waals surface area contributed by atoms with Gasteiger partial charge in [0.1, 0.15) is 10.6 Å². The predicted molar refractivity (Wildman–Crippen MR) is 45.7 cm³/mol. The topological polar surface area (TPSA) is 37.3 Å². The van der Waals surface area contributed by atoms with Gasteiger partial charge in [-0.3, -0.25) is 4.79 Å². The number of rotatable bonds is 2. The Morgan fingerprint density at radius 1 is 1.58 bits per heavy atom. The van der Waals surface area contributed by atoms with E-state index in [4.69, 9.17) is 5.11 Å². The lowest BCUT2D eigenvalue weighted by atomic mass is 10.1. The smallest absolute Gasteiger partial charge is 0.321 e. The monoisotopic (exact) mass is 232 g/mol. The van der Waals surface area contributed by atoms with Crippen LogP contribution in [0.5, 0.6) is 0 Å². The number of carboxylic acids is 1. The second kappa shape index (κ2) is 3.67. The van der Waals surface area contributed by atoms with Crippen molar-refractivity contribution in [2.45, 2.75) is 4.83 Å². The number of alkyl halides is 1. The van der Waals surface area contributed by atoms with Crippen molar-refractivity contribution in [2.75, 3.05) is 0 Å². The summed E-state index contributed by atoms with van der Waals surface area (Å²) in [6.07, 6.45) is 0. The maximum absolute atomic E-state index is 12.6. The third-order valence-electron chi connectivity index (χ3n) is 1.36. The van der Waals surface area contributed by atoms with Gasteiger partial charge in [-0.1, -0.05) is 28.1 Å². The lowest BCUT2D eigenvalue weighted by Crippen LogP contribution is -2.04. The summed E-state index contributed by atoms with van der Waals surface area (Å²) in [6.45, 7) is 0. The highest BCUT2D eigenvalue weighted by Crippen LogP contribution is 2.22. The van der Waals surface area contributed by atoms with E-state index in [0.717, 1.165) is 0 Å². The molecule has 1 N–H and O–H groups in total. The quantitative estimate of drug-likeness (QED) is 0.796. The Morgan fingerprint density at radius 2 is 2.25 bits per heavy atom. The molecule has 0 fully saturated rings. The molecule has 0 heterocycles. The van der Waals surface area contributed by atoms with Crippen LogP contribution in [0.25, 0.3) is 0 Å². The average Bonchev–Trinajstić information content (AvgIpc) is 2.03.